The zero-order valence-corrected chi connectivity index (χ0v) is 33.3. The SMILES string of the molecule is [C-]#[N+]c1ccc(-n2c3ccccc3c3cc(C4(c5ccc([Si](c6ccccc6)(c6ccccc6)c6ccccc6)cc5)c5ccccc5-c5ccccc54)ccc32)cc1. The predicted octanol–water partition coefficient (Wildman–Crippen LogP) is 11.1. The van der Waals surface area contributed by atoms with Gasteiger partial charge in [-0.3, -0.25) is 0 Å². The first kappa shape index (κ1) is 34.7. The molecule has 1 aliphatic rings. The Morgan fingerprint density at radius 3 is 1.41 bits per heavy atom. The lowest BCUT2D eigenvalue weighted by Gasteiger charge is -2.36. The van der Waals surface area contributed by atoms with Gasteiger partial charge in [-0.15, -0.1) is 0 Å². The first-order chi connectivity index (χ1) is 29.2. The van der Waals surface area contributed by atoms with Crippen LogP contribution in [0.2, 0.25) is 0 Å². The zero-order valence-electron chi connectivity index (χ0n) is 32.3. The molecule has 276 valence electrons. The van der Waals surface area contributed by atoms with Gasteiger partial charge in [-0.1, -0.05) is 200 Å². The zero-order chi connectivity index (χ0) is 39.4. The Labute approximate surface area is 345 Å². The molecule has 0 radical (unpaired) electrons. The van der Waals surface area contributed by atoms with Gasteiger partial charge >= 0.3 is 0 Å². The third-order valence-electron chi connectivity index (χ3n) is 12.7. The van der Waals surface area contributed by atoms with Crippen molar-refractivity contribution in [3.05, 3.63) is 264 Å². The van der Waals surface area contributed by atoms with Crippen LogP contribution in [-0.2, 0) is 5.41 Å². The minimum atomic E-state index is -2.73. The summed E-state index contributed by atoms with van der Waals surface area (Å²) in [6, 6.07) is 85.0. The van der Waals surface area contributed by atoms with E-state index >= 15 is 0 Å². The van der Waals surface area contributed by atoms with E-state index in [1.807, 2.05) is 12.1 Å². The number of rotatable bonds is 7. The fourth-order valence-electron chi connectivity index (χ4n) is 10.2. The quantitative estimate of drug-likeness (QED) is 0.0868. The number of nitrogens with zero attached hydrogens (tertiary/aromatic N) is 2. The summed E-state index contributed by atoms with van der Waals surface area (Å²) in [5, 5.41) is 7.84. The molecule has 3 heteroatoms. The molecular formula is C56H38N2Si. The first-order valence-corrected chi connectivity index (χ1v) is 22.2. The highest BCUT2D eigenvalue weighted by molar-refractivity contribution is 7.19. The van der Waals surface area contributed by atoms with Gasteiger partial charge in [0.1, 0.15) is 0 Å². The molecule has 0 amide bonds. The molecule has 0 atom stereocenters. The van der Waals surface area contributed by atoms with Crippen LogP contribution in [-0.4, -0.2) is 12.6 Å². The van der Waals surface area contributed by atoms with Gasteiger partial charge in [-0.2, -0.15) is 0 Å². The summed E-state index contributed by atoms with van der Waals surface area (Å²) in [6.45, 7) is 7.53. The molecule has 0 unspecified atom stereocenters. The van der Waals surface area contributed by atoms with Gasteiger partial charge < -0.3 is 4.57 Å². The van der Waals surface area contributed by atoms with Gasteiger partial charge in [0.05, 0.1) is 23.0 Å². The molecule has 9 aromatic carbocycles. The highest BCUT2D eigenvalue weighted by Crippen LogP contribution is 2.56. The highest BCUT2D eigenvalue weighted by Gasteiger charge is 2.47. The molecule has 10 aromatic rings. The van der Waals surface area contributed by atoms with E-state index in [4.69, 9.17) is 6.57 Å². The maximum atomic E-state index is 7.53. The maximum Gasteiger partial charge on any atom is 0.187 e. The summed E-state index contributed by atoms with van der Waals surface area (Å²) in [4.78, 5) is 3.65. The van der Waals surface area contributed by atoms with Crippen molar-refractivity contribution in [2.24, 2.45) is 0 Å². The lowest BCUT2D eigenvalue weighted by Crippen LogP contribution is -2.74. The van der Waals surface area contributed by atoms with Crippen molar-refractivity contribution in [3.63, 3.8) is 0 Å². The molecule has 0 aliphatic heterocycles. The van der Waals surface area contributed by atoms with Gasteiger partial charge in [0.25, 0.3) is 0 Å². The Balaban J connectivity index is 1.19. The van der Waals surface area contributed by atoms with Gasteiger partial charge in [0.2, 0.25) is 0 Å². The second kappa shape index (κ2) is 13.8. The average molecular weight is 767 g/mol. The standard InChI is InChI=1S/C56H38N2Si/c1-57-42-32-34-43(35-33-42)58-54-28-16-13-25-50(54)51-39-41(31-38-55(51)58)56(52-26-14-11-23-48(52)49-24-12-15-27-53(49)56)40-29-36-47(37-30-40)59(44-17-5-2-6-18-44,45-19-7-3-8-20-45)46-21-9-4-10-22-46/h2-39H. The Bertz CT molecular complexity index is 3050. The fourth-order valence-corrected chi connectivity index (χ4v) is 15.0. The second-order valence-electron chi connectivity index (χ2n) is 15.5. The molecule has 59 heavy (non-hydrogen) atoms. The summed E-state index contributed by atoms with van der Waals surface area (Å²) < 4.78 is 2.33. The monoisotopic (exact) mass is 766 g/mol. The number of benzene rings is 9. The van der Waals surface area contributed by atoms with Crippen LogP contribution in [0.5, 0.6) is 0 Å². The largest absolute Gasteiger partial charge is 0.309 e. The van der Waals surface area contributed by atoms with Crippen LogP contribution < -0.4 is 20.7 Å². The number of aromatic nitrogens is 1. The summed E-state index contributed by atoms with van der Waals surface area (Å²) in [6.07, 6.45) is 0. The Morgan fingerprint density at radius 1 is 0.390 bits per heavy atom. The van der Waals surface area contributed by atoms with E-state index in [0.717, 1.165) is 16.7 Å². The molecule has 2 nitrogen and oxygen atoms in total. The molecule has 0 N–H and O–H groups in total. The summed E-state index contributed by atoms with van der Waals surface area (Å²) >= 11 is 0. The third-order valence-corrected chi connectivity index (χ3v) is 17.5. The van der Waals surface area contributed by atoms with Crippen molar-refractivity contribution < 1.29 is 0 Å². The van der Waals surface area contributed by atoms with Crippen molar-refractivity contribution in [2.45, 2.75) is 5.41 Å². The molecule has 0 bridgehead atoms. The highest BCUT2D eigenvalue weighted by atomic mass is 28.3. The van der Waals surface area contributed by atoms with Crippen molar-refractivity contribution in [3.8, 4) is 16.8 Å². The van der Waals surface area contributed by atoms with Crippen molar-refractivity contribution in [2.75, 3.05) is 0 Å². The van der Waals surface area contributed by atoms with Crippen molar-refractivity contribution in [1.82, 2.24) is 4.57 Å². The third kappa shape index (κ3) is 5.10. The minimum Gasteiger partial charge on any atom is -0.309 e. The van der Waals surface area contributed by atoms with E-state index in [1.54, 1.807) is 0 Å². The topological polar surface area (TPSA) is 9.29 Å². The maximum absolute atomic E-state index is 7.53. The molecule has 0 saturated heterocycles. The Hall–Kier alpha value is -7.51. The van der Waals surface area contributed by atoms with Gasteiger partial charge in [0.15, 0.2) is 13.8 Å². The van der Waals surface area contributed by atoms with Gasteiger partial charge in [0, 0.05) is 16.5 Å². The average Bonchev–Trinajstić information content (AvgIpc) is 3.81. The first-order valence-electron chi connectivity index (χ1n) is 20.2. The minimum absolute atomic E-state index is 0.573. The second-order valence-corrected chi connectivity index (χ2v) is 19.3. The molecule has 1 aliphatic carbocycles. The number of hydrogen-bond donors (Lipinski definition) is 0. The van der Waals surface area contributed by atoms with E-state index in [0.29, 0.717) is 5.69 Å². The Kier molecular flexibility index (Phi) is 8.15. The van der Waals surface area contributed by atoms with Crippen LogP contribution in [0, 0.1) is 6.57 Å². The van der Waals surface area contributed by atoms with Crippen LogP contribution >= 0.6 is 0 Å². The lowest BCUT2D eigenvalue weighted by atomic mass is 9.67. The molecule has 0 saturated carbocycles. The van der Waals surface area contributed by atoms with Crippen LogP contribution in [0.4, 0.5) is 5.69 Å². The van der Waals surface area contributed by atoms with Crippen molar-refractivity contribution in [1.29, 1.82) is 0 Å². The van der Waals surface area contributed by atoms with Crippen LogP contribution in [0.25, 0.3) is 43.5 Å². The summed E-state index contributed by atoms with van der Waals surface area (Å²) in [5.41, 5.74) is 11.0. The summed E-state index contributed by atoms with van der Waals surface area (Å²) in [7, 11) is -2.73. The normalized spacial score (nSPS) is 12.9. The van der Waals surface area contributed by atoms with Gasteiger partial charge in [-0.05, 0) is 84.5 Å². The van der Waals surface area contributed by atoms with Crippen LogP contribution in [0.3, 0.4) is 0 Å². The molecular weight excluding hydrogens is 729 g/mol. The van der Waals surface area contributed by atoms with E-state index in [-0.39, 0.29) is 0 Å². The molecule has 0 spiro atoms. The van der Waals surface area contributed by atoms with E-state index < -0.39 is 13.5 Å². The van der Waals surface area contributed by atoms with Crippen molar-refractivity contribution >= 4 is 56.3 Å². The number of hydrogen-bond acceptors (Lipinski definition) is 0. The van der Waals surface area contributed by atoms with Gasteiger partial charge in [-0.25, -0.2) is 4.85 Å². The van der Waals surface area contributed by atoms with E-state index in [9.17, 15) is 0 Å². The van der Waals surface area contributed by atoms with E-state index in [2.05, 4.69) is 228 Å². The fraction of sp³-hybridized carbons (Fsp3) is 0.0179. The molecule has 1 aromatic heterocycles. The van der Waals surface area contributed by atoms with Crippen LogP contribution in [0.1, 0.15) is 22.3 Å². The lowest BCUT2D eigenvalue weighted by molar-refractivity contribution is 0.770. The predicted molar refractivity (Wildman–Crippen MR) is 248 cm³/mol. The molecule has 11 rings (SSSR count). The van der Waals surface area contributed by atoms with Crippen LogP contribution in [0.15, 0.2) is 231 Å². The number of fused-ring (bicyclic) bond motifs is 6. The molecule has 1 heterocycles. The summed E-state index contributed by atoms with van der Waals surface area (Å²) in [5.74, 6) is 0. The van der Waals surface area contributed by atoms with E-state index in [1.165, 1.54) is 64.9 Å². The number of para-hydroxylation sites is 1. The molecule has 0 fully saturated rings. The smallest absolute Gasteiger partial charge is 0.187 e. The Morgan fingerprint density at radius 2 is 0.847 bits per heavy atom.